The maximum absolute atomic E-state index is 12.1. The molecule has 0 radical (unpaired) electrons. The van der Waals surface area contributed by atoms with Gasteiger partial charge in [0, 0.05) is 5.57 Å². The highest BCUT2D eigenvalue weighted by molar-refractivity contribution is 5.87. The number of carbonyl (C=O) groups is 1. The van der Waals surface area contributed by atoms with Gasteiger partial charge >= 0.3 is 5.97 Å². The zero-order valence-electron chi connectivity index (χ0n) is 19.7. The van der Waals surface area contributed by atoms with Crippen molar-refractivity contribution in [3.8, 4) is 33.8 Å². The summed E-state index contributed by atoms with van der Waals surface area (Å²) >= 11 is 0. The summed E-state index contributed by atoms with van der Waals surface area (Å²) in [5, 5.41) is 0. The monoisotopic (exact) mass is 464 g/mol. The van der Waals surface area contributed by atoms with Gasteiger partial charge in [-0.05, 0) is 53.4 Å². The number of hydrogen-bond acceptors (Lipinski definition) is 4. The first-order chi connectivity index (χ1) is 17.1. The van der Waals surface area contributed by atoms with Gasteiger partial charge in [-0.15, -0.1) is 0 Å². The quantitative estimate of drug-likeness (QED) is 0.188. The van der Waals surface area contributed by atoms with Crippen molar-refractivity contribution in [2.45, 2.75) is 13.0 Å². The van der Waals surface area contributed by atoms with E-state index >= 15 is 0 Å². The van der Waals surface area contributed by atoms with Crippen molar-refractivity contribution >= 4 is 5.97 Å². The second-order valence-corrected chi connectivity index (χ2v) is 8.21. The van der Waals surface area contributed by atoms with Crippen LogP contribution in [0.1, 0.15) is 6.92 Å². The van der Waals surface area contributed by atoms with Crippen LogP contribution in [0.5, 0.6) is 11.5 Å². The van der Waals surface area contributed by atoms with E-state index in [4.69, 9.17) is 14.2 Å². The fraction of sp³-hybridized carbons (Fsp3) is 0.129. The Bertz CT molecular complexity index is 1140. The van der Waals surface area contributed by atoms with Crippen molar-refractivity contribution in [2.75, 3.05) is 13.2 Å². The van der Waals surface area contributed by atoms with Crippen molar-refractivity contribution in [3.05, 3.63) is 121 Å². The molecule has 0 fully saturated rings. The van der Waals surface area contributed by atoms with Gasteiger partial charge in [0.2, 0.25) is 0 Å². The lowest BCUT2D eigenvalue weighted by molar-refractivity contribution is -0.147. The summed E-state index contributed by atoms with van der Waals surface area (Å²) in [7, 11) is 0. The Kier molecular flexibility index (Phi) is 7.97. The fourth-order valence-electron chi connectivity index (χ4n) is 3.49. The summed E-state index contributed by atoms with van der Waals surface area (Å²) in [5.41, 5.74) is 4.81. The highest BCUT2D eigenvalue weighted by atomic mass is 16.6. The van der Waals surface area contributed by atoms with Crippen molar-refractivity contribution < 1.29 is 19.0 Å². The van der Waals surface area contributed by atoms with E-state index < -0.39 is 12.1 Å². The van der Waals surface area contributed by atoms with Crippen LogP contribution in [-0.4, -0.2) is 25.3 Å². The summed E-state index contributed by atoms with van der Waals surface area (Å²) in [6.07, 6.45) is -0.596. The van der Waals surface area contributed by atoms with Crippen LogP contribution in [0, 0.1) is 0 Å². The van der Waals surface area contributed by atoms with Crippen molar-refractivity contribution in [2.24, 2.45) is 0 Å². The Morgan fingerprint density at radius 2 is 1.00 bits per heavy atom. The predicted octanol–water partition coefficient (Wildman–Crippen LogP) is 6.97. The molecule has 0 saturated heterocycles. The molecule has 176 valence electrons. The number of rotatable bonds is 10. The Hall–Kier alpha value is -4.31. The van der Waals surface area contributed by atoms with Gasteiger partial charge in [-0.1, -0.05) is 91.5 Å². The van der Waals surface area contributed by atoms with E-state index in [2.05, 4.69) is 30.8 Å². The normalized spacial score (nSPS) is 10.6. The Morgan fingerprint density at radius 3 is 1.37 bits per heavy atom. The number of benzene rings is 4. The lowest BCUT2D eigenvalue weighted by Crippen LogP contribution is -2.31. The first-order valence-electron chi connectivity index (χ1n) is 11.5. The maximum Gasteiger partial charge on any atom is 0.333 e. The minimum atomic E-state index is -0.596. The third kappa shape index (κ3) is 6.84. The van der Waals surface area contributed by atoms with E-state index in [-0.39, 0.29) is 13.2 Å². The molecule has 0 atom stereocenters. The Balaban J connectivity index is 1.37. The molecular weight excluding hydrogens is 436 g/mol. The van der Waals surface area contributed by atoms with Crippen LogP contribution in [0.4, 0.5) is 0 Å². The number of hydrogen-bond donors (Lipinski definition) is 0. The summed E-state index contributed by atoms with van der Waals surface area (Å²) in [6.45, 7) is 5.60. The molecule has 0 bridgehead atoms. The van der Waals surface area contributed by atoms with Gasteiger partial charge in [0.05, 0.1) is 0 Å². The first-order valence-corrected chi connectivity index (χ1v) is 11.5. The fourth-order valence-corrected chi connectivity index (χ4v) is 3.49. The van der Waals surface area contributed by atoms with Crippen LogP contribution >= 0.6 is 0 Å². The van der Waals surface area contributed by atoms with Crippen LogP contribution in [0.2, 0.25) is 0 Å². The molecule has 4 heteroatoms. The average molecular weight is 465 g/mol. The lowest BCUT2D eigenvalue weighted by Gasteiger charge is -2.19. The topological polar surface area (TPSA) is 44.8 Å². The predicted molar refractivity (Wildman–Crippen MR) is 139 cm³/mol. The average Bonchev–Trinajstić information content (AvgIpc) is 2.91. The number of ether oxygens (including phenoxy) is 3. The Labute approximate surface area is 206 Å². The van der Waals surface area contributed by atoms with E-state index in [0.29, 0.717) is 17.1 Å². The van der Waals surface area contributed by atoms with Gasteiger partial charge in [0.25, 0.3) is 0 Å². The van der Waals surface area contributed by atoms with Gasteiger partial charge in [-0.25, -0.2) is 4.79 Å². The Morgan fingerprint density at radius 1 is 0.629 bits per heavy atom. The minimum Gasteiger partial charge on any atom is -0.490 e. The van der Waals surface area contributed by atoms with Gasteiger partial charge in [-0.3, -0.25) is 0 Å². The highest BCUT2D eigenvalue weighted by Crippen LogP contribution is 2.24. The summed E-state index contributed by atoms with van der Waals surface area (Å²) in [6, 6.07) is 35.9. The molecule has 4 rings (SSSR count). The molecular formula is C31H28O4. The summed E-state index contributed by atoms with van der Waals surface area (Å²) in [5.74, 6) is 0.905. The zero-order valence-corrected chi connectivity index (χ0v) is 19.7. The van der Waals surface area contributed by atoms with Crippen molar-refractivity contribution in [3.63, 3.8) is 0 Å². The number of carbonyl (C=O) groups excluding carboxylic acids is 1. The SMILES string of the molecule is C=C(C)C(=O)OC(COc1ccc(-c2ccccc2)cc1)COc1ccc(-c2ccccc2)cc1. The van der Waals surface area contributed by atoms with Crippen molar-refractivity contribution in [1.29, 1.82) is 0 Å². The largest absolute Gasteiger partial charge is 0.490 e. The van der Waals surface area contributed by atoms with Gasteiger partial charge in [0.1, 0.15) is 24.7 Å². The smallest absolute Gasteiger partial charge is 0.333 e. The van der Waals surface area contributed by atoms with Crippen LogP contribution in [0.25, 0.3) is 22.3 Å². The molecule has 4 nitrogen and oxygen atoms in total. The zero-order chi connectivity index (χ0) is 24.5. The third-order valence-corrected chi connectivity index (χ3v) is 5.42. The van der Waals surface area contributed by atoms with E-state index in [9.17, 15) is 4.79 Å². The molecule has 4 aromatic carbocycles. The third-order valence-electron chi connectivity index (χ3n) is 5.42. The summed E-state index contributed by atoms with van der Waals surface area (Å²) < 4.78 is 17.4. The molecule has 0 spiro atoms. The molecule has 0 amide bonds. The lowest BCUT2D eigenvalue weighted by atomic mass is 10.1. The molecule has 0 aliphatic heterocycles. The maximum atomic E-state index is 12.1. The molecule has 0 heterocycles. The standard InChI is InChI=1S/C31H28O4/c1-23(2)31(32)35-30(21-33-28-17-13-26(14-18-28)24-9-5-3-6-10-24)22-34-29-19-15-27(16-20-29)25-11-7-4-8-12-25/h3-20,30H,1,21-22H2,2H3. The molecule has 0 aromatic heterocycles. The van der Waals surface area contributed by atoms with Crippen LogP contribution < -0.4 is 9.47 Å². The first kappa shape index (κ1) is 23.8. The van der Waals surface area contributed by atoms with Gasteiger partial charge in [0.15, 0.2) is 6.10 Å². The molecule has 0 aliphatic rings. The van der Waals surface area contributed by atoms with Crippen molar-refractivity contribution in [1.82, 2.24) is 0 Å². The van der Waals surface area contributed by atoms with E-state index in [1.54, 1.807) is 6.92 Å². The molecule has 0 unspecified atom stereocenters. The van der Waals surface area contributed by atoms with E-state index in [0.717, 1.165) is 22.3 Å². The second-order valence-electron chi connectivity index (χ2n) is 8.21. The van der Waals surface area contributed by atoms with Crippen LogP contribution in [-0.2, 0) is 9.53 Å². The van der Waals surface area contributed by atoms with Crippen LogP contribution in [0.3, 0.4) is 0 Å². The van der Waals surface area contributed by atoms with E-state index in [1.807, 2.05) is 84.9 Å². The molecule has 0 aliphatic carbocycles. The van der Waals surface area contributed by atoms with E-state index in [1.165, 1.54) is 0 Å². The van der Waals surface area contributed by atoms with Crippen LogP contribution in [0.15, 0.2) is 121 Å². The summed E-state index contributed by atoms with van der Waals surface area (Å²) in [4.78, 5) is 12.1. The van der Waals surface area contributed by atoms with Gasteiger partial charge in [-0.2, -0.15) is 0 Å². The molecule has 4 aromatic rings. The molecule has 0 saturated carbocycles. The van der Waals surface area contributed by atoms with Gasteiger partial charge < -0.3 is 14.2 Å². The minimum absolute atomic E-state index is 0.159. The second kappa shape index (κ2) is 11.7. The molecule has 0 N–H and O–H groups in total. The number of esters is 1. The molecule has 35 heavy (non-hydrogen) atoms. The highest BCUT2D eigenvalue weighted by Gasteiger charge is 2.17.